The van der Waals surface area contributed by atoms with E-state index in [-0.39, 0.29) is 5.91 Å². The van der Waals surface area contributed by atoms with Crippen molar-refractivity contribution in [1.29, 1.82) is 0 Å². The number of nitrogens with one attached hydrogen (secondary N) is 1. The number of nitrogen functional groups attached to an aromatic ring is 1. The molecule has 2 amide bonds. The van der Waals surface area contributed by atoms with Crippen molar-refractivity contribution in [3.63, 3.8) is 0 Å². The minimum absolute atomic E-state index is 0.140. The van der Waals surface area contributed by atoms with Gasteiger partial charge in [0, 0.05) is 12.1 Å². The molecule has 1 fully saturated rings. The molecule has 0 heterocycles. The zero-order valence-electron chi connectivity index (χ0n) is 12.2. The van der Waals surface area contributed by atoms with Crippen LogP contribution in [0.1, 0.15) is 44.1 Å². The Hall–Kier alpha value is -2.04. The molecule has 0 saturated heterocycles. The van der Waals surface area contributed by atoms with Crippen molar-refractivity contribution in [2.24, 2.45) is 5.73 Å². The molecule has 1 aliphatic rings. The predicted octanol–water partition coefficient (Wildman–Crippen LogP) is 1.51. The molecule has 21 heavy (non-hydrogen) atoms. The highest BCUT2D eigenvalue weighted by molar-refractivity contribution is 5.90. The molecule has 2 rings (SSSR count). The van der Waals surface area contributed by atoms with Gasteiger partial charge in [-0.1, -0.05) is 37.5 Å². The summed E-state index contributed by atoms with van der Waals surface area (Å²) in [5.74, 6) is -0.561. The molecule has 0 spiro atoms. The van der Waals surface area contributed by atoms with Gasteiger partial charge in [-0.25, -0.2) is 0 Å². The highest BCUT2D eigenvalue weighted by Gasteiger charge is 2.38. The Balaban J connectivity index is 1.94. The first-order valence-electron chi connectivity index (χ1n) is 7.48. The van der Waals surface area contributed by atoms with Crippen LogP contribution in [0.2, 0.25) is 0 Å². The average Bonchev–Trinajstić information content (AvgIpc) is 2.47. The molecule has 5 N–H and O–H groups in total. The maximum absolute atomic E-state index is 12.1. The summed E-state index contributed by atoms with van der Waals surface area (Å²) in [6.07, 6.45) is 5.09. The fourth-order valence-corrected chi connectivity index (χ4v) is 2.93. The lowest BCUT2D eigenvalue weighted by atomic mass is 9.81. The summed E-state index contributed by atoms with van der Waals surface area (Å²) in [4.78, 5) is 23.9. The van der Waals surface area contributed by atoms with Gasteiger partial charge in [0.15, 0.2) is 0 Å². The first kappa shape index (κ1) is 15.4. The Kier molecular flexibility index (Phi) is 4.83. The number of para-hydroxylation sites is 1. The van der Waals surface area contributed by atoms with Gasteiger partial charge in [-0.3, -0.25) is 9.59 Å². The summed E-state index contributed by atoms with van der Waals surface area (Å²) in [6.45, 7) is 0. The fraction of sp³-hybridized carbons (Fsp3) is 0.500. The molecule has 0 aromatic heterocycles. The topological polar surface area (TPSA) is 98.2 Å². The molecule has 0 bridgehead atoms. The number of nitrogens with two attached hydrogens (primary N) is 2. The van der Waals surface area contributed by atoms with Gasteiger partial charge in [0.25, 0.3) is 0 Å². The second-order valence-electron chi connectivity index (χ2n) is 5.75. The van der Waals surface area contributed by atoms with Gasteiger partial charge in [0.2, 0.25) is 11.8 Å². The van der Waals surface area contributed by atoms with Crippen LogP contribution in [0.3, 0.4) is 0 Å². The minimum atomic E-state index is -0.850. The lowest BCUT2D eigenvalue weighted by molar-refractivity contribution is -0.132. The Labute approximate surface area is 125 Å². The number of benzene rings is 1. The number of hydrogen-bond donors (Lipinski definition) is 3. The van der Waals surface area contributed by atoms with E-state index < -0.39 is 11.4 Å². The summed E-state index contributed by atoms with van der Waals surface area (Å²) in [7, 11) is 0. The summed E-state index contributed by atoms with van der Waals surface area (Å²) in [6, 6.07) is 7.49. The molecule has 114 valence electrons. The van der Waals surface area contributed by atoms with Crippen LogP contribution in [-0.4, -0.2) is 17.4 Å². The van der Waals surface area contributed by atoms with E-state index in [0.29, 0.717) is 31.4 Å². The summed E-state index contributed by atoms with van der Waals surface area (Å²) < 4.78 is 0. The standard InChI is InChI=1S/C16H23N3O2/c17-13-7-3-2-6-12(13)8-9-14(20)19-16(15(18)21)10-4-1-5-11-16/h2-3,6-7H,1,4-5,8-11,17H2,(H2,18,21)(H,19,20). The first-order chi connectivity index (χ1) is 10.0. The first-order valence-corrected chi connectivity index (χ1v) is 7.48. The number of hydrogen-bond acceptors (Lipinski definition) is 3. The van der Waals surface area contributed by atoms with E-state index in [1.807, 2.05) is 24.3 Å². The molecule has 1 aromatic carbocycles. The number of anilines is 1. The zero-order valence-corrected chi connectivity index (χ0v) is 12.2. The van der Waals surface area contributed by atoms with E-state index in [4.69, 9.17) is 11.5 Å². The largest absolute Gasteiger partial charge is 0.399 e. The Morgan fingerprint density at radius 3 is 2.43 bits per heavy atom. The second-order valence-corrected chi connectivity index (χ2v) is 5.75. The van der Waals surface area contributed by atoms with Crippen LogP contribution in [0, 0.1) is 0 Å². The summed E-state index contributed by atoms with van der Waals surface area (Å²) >= 11 is 0. The summed E-state index contributed by atoms with van der Waals surface area (Å²) in [5.41, 5.74) is 12.2. The van der Waals surface area contributed by atoms with Gasteiger partial charge < -0.3 is 16.8 Å². The molecule has 1 saturated carbocycles. The average molecular weight is 289 g/mol. The van der Waals surface area contributed by atoms with Crippen LogP contribution in [-0.2, 0) is 16.0 Å². The zero-order chi connectivity index (χ0) is 15.3. The number of carbonyl (C=O) groups excluding carboxylic acids is 2. The van der Waals surface area contributed by atoms with Gasteiger partial charge in [0.05, 0.1) is 0 Å². The lowest BCUT2D eigenvalue weighted by Crippen LogP contribution is -2.58. The van der Waals surface area contributed by atoms with Crippen molar-refractivity contribution in [3.05, 3.63) is 29.8 Å². The van der Waals surface area contributed by atoms with Crippen molar-refractivity contribution in [2.45, 2.75) is 50.5 Å². The van der Waals surface area contributed by atoms with Crippen LogP contribution < -0.4 is 16.8 Å². The van der Waals surface area contributed by atoms with Crippen LogP contribution >= 0.6 is 0 Å². The van der Waals surface area contributed by atoms with Gasteiger partial charge in [-0.2, -0.15) is 0 Å². The number of carbonyl (C=O) groups is 2. The molecule has 5 heteroatoms. The Morgan fingerprint density at radius 1 is 1.14 bits per heavy atom. The minimum Gasteiger partial charge on any atom is -0.399 e. The van der Waals surface area contributed by atoms with E-state index >= 15 is 0 Å². The van der Waals surface area contributed by atoms with E-state index in [9.17, 15) is 9.59 Å². The molecule has 1 aromatic rings. The van der Waals surface area contributed by atoms with Gasteiger partial charge >= 0.3 is 0 Å². The smallest absolute Gasteiger partial charge is 0.243 e. The summed E-state index contributed by atoms with van der Waals surface area (Å²) in [5, 5.41) is 2.87. The highest BCUT2D eigenvalue weighted by Crippen LogP contribution is 2.28. The van der Waals surface area contributed by atoms with Crippen molar-refractivity contribution < 1.29 is 9.59 Å². The van der Waals surface area contributed by atoms with E-state index in [0.717, 1.165) is 24.8 Å². The third-order valence-corrected chi connectivity index (χ3v) is 4.23. The molecular weight excluding hydrogens is 266 g/mol. The normalized spacial score (nSPS) is 17.1. The van der Waals surface area contributed by atoms with Gasteiger partial charge in [0.1, 0.15) is 5.54 Å². The van der Waals surface area contributed by atoms with Crippen molar-refractivity contribution in [2.75, 3.05) is 5.73 Å². The fourth-order valence-electron chi connectivity index (χ4n) is 2.93. The predicted molar refractivity (Wildman–Crippen MR) is 82.3 cm³/mol. The molecule has 5 nitrogen and oxygen atoms in total. The van der Waals surface area contributed by atoms with E-state index in [2.05, 4.69) is 5.32 Å². The molecule has 0 unspecified atom stereocenters. The van der Waals surface area contributed by atoms with Gasteiger partial charge in [-0.15, -0.1) is 0 Å². The van der Waals surface area contributed by atoms with Gasteiger partial charge in [-0.05, 0) is 30.9 Å². The third-order valence-electron chi connectivity index (χ3n) is 4.23. The highest BCUT2D eigenvalue weighted by atomic mass is 16.2. The molecular formula is C16H23N3O2. The van der Waals surface area contributed by atoms with Crippen molar-refractivity contribution in [3.8, 4) is 0 Å². The Morgan fingerprint density at radius 2 is 1.81 bits per heavy atom. The maximum atomic E-state index is 12.1. The van der Waals surface area contributed by atoms with Crippen LogP contribution in [0.4, 0.5) is 5.69 Å². The molecule has 1 aliphatic carbocycles. The molecule has 0 atom stereocenters. The monoisotopic (exact) mass is 289 g/mol. The van der Waals surface area contributed by atoms with Crippen LogP contribution in [0.25, 0.3) is 0 Å². The quantitative estimate of drug-likeness (QED) is 0.716. The van der Waals surface area contributed by atoms with Crippen LogP contribution in [0.15, 0.2) is 24.3 Å². The number of rotatable bonds is 5. The van der Waals surface area contributed by atoms with Crippen LogP contribution in [0.5, 0.6) is 0 Å². The van der Waals surface area contributed by atoms with E-state index in [1.165, 1.54) is 0 Å². The van der Waals surface area contributed by atoms with Crippen molar-refractivity contribution >= 4 is 17.5 Å². The third kappa shape index (κ3) is 3.74. The van der Waals surface area contributed by atoms with Crippen molar-refractivity contribution in [1.82, 2.24) is 5.32 Å². The SMILES string of the molecule is NC(=O)C1(NC(=O)CCc2ccccc2N)CCCCC1. The number of primary amides is 1. The molecule has 0 radical (unpaired) electrons. The maximum Gasteiger partial charge on any atom is 0.243 e. The van der Waals surface area contributed by atoms with E-state index in [1.54, 1.807) is 0 Å². The number of aryl methyl sites for hydroxylation is 1. The lowest BCUT2D eigenvalue weighted by Gasteiger charge is -2.35. The molecule has 0 aliphatic heterocycles. The second kappa shape index (κ2) is 6.61. The Bertz CT molecular complexity index is 522. The number of amides is 2.